The predicted molar refractivity (Wildman–Crippen MR) is 118 cm³/mol. The highest BCUT2D eigenvalue weighted by atomic mass is 35.5. The van der Waals surface area contributed by atoms with E-state index in [0.29, 0.717) is 41.8 Å². The minimum absolute atomic E-state index is 0.0269. The summed E-state index contributed by atoms with van der Waals surface area (Å²) in [5, 5.41) is 5.71. The lowest BCUT2D eigenvalue weighted by Gasteiger charge is -2.36. The fourth-order valence-corrected chi connectivity index (χ4v) is 4.23. The zero-order chi connectivity index (χ0) is 20.5. The van der Waals surface area contributed by atoms with Gasteiger partial charge in [-0.3, -0.25) is 4.79 Å². The van der Waals surface area contributed by atoms with Crippen molar-refractivity contribution in [2.75, 3.05) is 31.1 Å². The van der Waals surface area contributed by atoms with E-state index >= 15 is 0 Å². The molecule has 1 fully saturated rings. The average Bonchev–Trinajstić information content (AvgIpc) is 3.04. The average molecular weight is 429 g/mol. The second kappa shape index (κ2) is 8.09. The number of nitrogens with zero attached hydrogens (tertiary/aromatic N) is 4. The number of para-hydroxylation sites is 1. The second-order valence-corrected chi connectivity index (χ2v) is 7.93. The summed E-state index contributed by atoms with van der Waals surface area (Å²) in [5.74, 6) is 0.0269. The molecule has 29 heavy (non-hydrogen) atoms. The van der Waals surface area contributed by atoms with Crippen LogP contribution in [0.1, 0.15) is 21.7 Å². The third kappa shape index (κ3) is 3.72. The number of aryl methyl sites for hydroxylation is 1. The van der Waals surface area contributed by atoms with Gasteiger partial charge in [0.25, 0.3) is 5.91 Å². The molecule has 1 aliphatic rings. The fraction of sp³-hybridized carbons (Fsp3) is 0.273. The van der Waals surface area contributed by atoms with Crippen LogP contribution >= 0.6 is 23.2 Å². The van der Waals surface area contributed by atoms with Gasteiger partial charge in [-0.25, -0.2) is 4.68 Å². The number of carbonyl (C=O) groups is 1. The van der Waals surface area contributed by atoms with Gasteiger partial charge < -0.3 is 9.80 Å². The molecule has 1 amide bonds. The van der Waals surface area contributed by atoms with Gasteiger partial charge in [0.15, 0.2) is 0 Å². The summed E-state index contributed by atoms with van der Waals surface area (Å²) in [4.78, 5) is 17.3. The Bertz CT molecular complexity index is 1040. The molecule has 0 unspecified atom stereocenters. The number of anilines is 1. The zero-order valence-corrected chi connectivity index (χ0v) is 17.9. The molecular formula is C22H22Cl2N4O. The molecule has 2 aromatic carbocycles. The van der Waals surface area contributed by atoms with Crippen LogP contribution in [-0.2, 0) is 0 Å². The Kier molecular flexibility index (Phi) is 5.52. The van der Waals surface area contributed by atoms with Crippen molar-refractivity contribution >= 4 is 34.8 Å². The smallest absolute Gasteiger partial charge is 0.257 e. The highest BCUT2D eigenvalue weighted by Crippen LogP contribution is 2.33. The summed E-state index contributed by atoms with van der Waals surface area (Å²) in [7, 11) is 0. The van der Waals surface area contributed by atoms with Crippen LogP contribution in [-0.4, -0.2) is 46.8 Å². The van der Waals surface area contributed by atoms with Crippen molar-refractivity contribution in [2.45, 2.75) is 13.8 Å². The number of hydrogen-bond acceptors (Lipinski definition) is 3. The zero-order valence-electron chi connectivity index (χ0n) is 16.4. The Labute approximate surface area is 180 Å². The Morgan fingerprint density at radius 1 is 0.931 bits per heavy atom. The van der Waals surface area contributed by atoms with Gasteiger partial charge in [-0.05, 0) is 38.1 Å². The molecule has 0 N–H and O–H groups in total. The fourth-order valence-electron chi connectivity index (χ4n) is 3.82. The highest BCUT2D eigenvalue weighted by molar-refractivity contribution is 6.43. The summed E-state index contributed by atoms with van der Waals surface area (Å²) in [5.41, 5.74) is 4.15. The third-order valence-corrected chi connectivity index (χ3v) is 6.15. The molecule has 4 rings (SSSR count). The van der Waals surface area contributed by atoms with Crippen molar-refractivity contribution in [3.63, 3.8) is 0 Å². The van der Waals surface area contributed by atoms with Gasteiger partial charge in [0.2, 0.25) is 0 Å². The quantitative estimate of drug-likeness (QED) is 0.603. The lowest BCUT2D eigenvalue weighted by atomic mass is 10.1. The van der Waals surface area contributed by atoms with Crippen LogP contribution in [0.5, 0.6) is 0 Å². The number of carbonyl (C=O) groups excluding carboxylic acids is 1. The van der Waals surface area contributed by atoms with Crippen molar-refractivity contribution in [1.82, 2.24) is 14.7 Å². The van der Waals surface area contributed by atoms with E-state index < -0.39 is 0 Å². The second-order valence-electron chi connectivity index (χ2n) is 7.15. The van der Waals surface area contributed by atoms with Crippen LogP contribution in [0, 0.1) is 13.8 Å². The van der Waals surface area contributed by atoms with Gasteiger partial charge in [0.05, 0.1) is 38.4 Å². The number of aromatic nitrogens is 2. The van der Waals surface area contributed by atoms with Crippen LogP contribution in [0.2, 0.25) is 10.0 Å². The molecular weight excluding hydrogens is 407 g/mol. The molecule has 0 aliphatic carbocycles. The molecule has 2 heterocycles. The van der Waals surface area contributed by atoms with Crippen molar-refractivity contribution in [3.8, 4) is 5.69 Å². The van der Waals surface area contributed by atoms with Gasteiger partial charge in [0, 0.05) is 26.2 Å². The number of benzene rings is 2. The normalized spacial score (nSPS) is 14.3. The van der Waals surface area contributed by atoms with E-state index in [9.17, 15) is 4.79 Å². The lowest BCUT2D eigenvalue weighted by Crippen LogP contribution is -2.49. The SMILES string of the molecule is Cc1nn(-c2ccccc2)c(C)c1C(=O)N1CCN(c2cccc(Cl)c2Cl)CC1. The Balaban J connectivity index is 1.52. The van der Waals surface area contributed by atoms with Gasteiger partial charge in [-0.2, -0.15) is 5.10 Å². The molecule has 0 bridgehead atoms. The van der Waals surface area contributed by atoms with Crippen molar-refractivity contribution < 1.29 is 4.79 Å². The van der Waals surface area contributed by atoms with E-state index in [0.717, 1.165) is 22.8 Å². The number of rotatable bonds is 3. The van der Waals surface area contributed by atoms with Crippen LogP contribution in [0.4, 0.5) is 5.69 Å². The maximum Gasteiger partial charge on any atom is 0.257 e. The largest absolute Gasteiger partial charge is 0.367 e. The number of halogens is 2. The van der Waals surface area contributed by atoms with E-state index in [-0.39, 0.29) is 5.91 Å². The summed E-state index contributed by atoms with van der Waals surface area (Å²) < 4.78 is 1.84. The molecule has 0 radical (unpaired) electrons. The number of piperazine rings is 1. The predicted octanol–water partition coefficient (Wildman–Crippen LogP) is 4.76. The molecule has 7 heteroatoms. The van der Waals surface area contributed by atoms with Gasteiger partial charge in [0.1, 0.15) is 0 Å². The summed E-state index contributed by atoms with van der Waals surface area (Å²) in [6.45, 7) is 6.49. The molecule has 150 valence electrons. The number of amides is 1. The van der Waals surface area contributed by atoms with E-state index in [2.05, 4.69) is 10.00 Å². The molecule has 0 saturated carbocycles. The van der Waals surface area contributed by atoms with Crippen LogP contribution in [0.3, 0.4) is 0 Å². The highest BCUT2D eigenvalue weighted by Gasteiger charge is 2.28. The summed E-state index contributed by atoms with van der Waals surface area (Å²) in [6, 6.07) is 15.5. The molecule has 1 aromatic heterocycles. The van der Waals surface area contributed by atoms with Crippen molar-refractivity contribution in [2.24, 2.45) is 0 Å². The molecule has 5 nitrogen and oxygen atoms in total. The topological polar surface area (TPSA) is 41.4 Å². The molecule has 1 saturated heterocycles. The lowest BCUT2D eigenvalue weighted by molar-refractivity contribution is 0.0745. The maximum absolute atomic E-state index is 13.3. The molecule has 3 aromatic rings. The Hall–Kier alpha value is -2.50. The summed E-state index contributed by atoms with van der Waals surface area (Å²) >= 11 is 12.5. The molecule has 0 atom stereocenters. The van der Waals surface area contributed by atoms with Gasteiger partial charge in [-0.1, -0.05) is 47.5 Å². The first-order valence-corrected chi connectivity index (χ1v) is 10.3. The first-order valence-electron chi connectivity index (χ1n) is 9.57. The summed E-state index contributed by atoms with van der Waals surface area (Å²) in [6.07, 6.45) is 0. The van der Waals surface area contributed by atoms with Crippen LogP contribution < -0.4 is 4.90 Å². The van der Waals surface area contributed by atoms with Crippen LogP contribution in [0.25, 0.3) is 5.69 Å². The van der Waals surface area contributed by atoms with Gasteiger partial charge in [-0.15, -0.1) is 0 Å². The van der Waals surface area contributed by atoms with Gasteiger partial charge >= 0.3 is 0 Å². The minimum atomic E-state index is 0.0269. The third-order valence-electron chi connectivity index (χ3n) is 5.34. The minimum Gasteiger partial charge on any atom is -0.367 e. The molecule has 1 aliphatic heterocycles. The first kappa shape index (κ1) is 19.8. The van der Waals surface area contributed by atoms with E-state index in [1.807, 2.05) is 65.9 Å². The van der Waals surface area contributed by atoms with Crippen molar-refractivity contribution in [1.29, 1.82) is 0 Å². The van der Waals surface area contributed by atoms with E-state index in [4.69, 9.17) is 23.2 Å². The van der Waals surface area contributed by atoms with Crippen LogP contribution in [0.15, 0.2) is 48.5 Å². The van der Waals surface area contributed by atoms with Crippen molar-refractivity contribution in [3.05, 3.63) is 75.5 Å². The maximum atomic E-state index is 13.3. The standard InChI is InChI=1S/C22H22Cl2N4O/c1-15-20(16(2)28(25-15)17-7-4-3-5-8-17)22(29)27-13-11-26(12-14-27)19-10-6-9-18(23)21(19)24/h3-10H,11-14H2,1-2H3. The Morgan fingerprint density at radius 3 is 2.31 bits per heavy atom. The first-order chi connectivity index (χ1) is 14.0. The van der Waals surface area contributed by atoms with E-state index in [1.54, 1.807) is 6.07 Å². The number of hydrogen-bond donors (Lipinski definition) is 0. The Morgan fingerprint density at radius 2 is 1.62 bits per heavy atom. The monoisotopic (exact) mass is 428 g/mol. The van der Waals surface area contributed by atoms with E-state index in [1.165, 1.54) is 0 Å². The molecule has 0 spiro atoms.